The second kappa shape index (κ2) is 8.52. The number of rotatable bonds is 5. The summed E-state index contributed by atoms with van der Waals surface area (Å²) in [6.07, 6.45) is 1.53. The van der Waals surface area contributed by atoms with Gasteiger partial charge >= 0.3 is 0 Å². The maximum Gasteiger partial charge on any atom is 0.272 e. The zero-order chi connectivity index (χ0) is 21.1. The Morgan fingerprint density at radius 2 is 1.87 bits per heavy atom. The number of amides is 1. The van der Waals surface area contributed by atoms with Crippen LogP contribution in [0.1, 0.15) is 29.0 Å². The van der Waals surface area contributed by atoms with Gasteiger partial charge in [-0.3, -0.25) is 9.48 Å². The Bertz CT molecular complexity index is 1020. The molecule has 0 saturated carbocycles. The largest absolute Gasteiger partial charge is 0.496 e. The molecule has 4 rings (SSSR count). The third-order valence-electron chi connectivity index (χ3n) is 5.27. The molecule has 0 radical (unpaired) electrons. The van der Waals surface area contributed by atoms with E-state index in [9.17, 15) is 4.79 Å². The van der Waals surface area contributed by atoms with Gasteiger partial charge in [0, 0.05) is 44.6 Å². The number of para-hydroxylation sites is 1. The van der Waals surface area contributed by atoms with Crippen molar-refractivity contribution in [2.24, 2.45) is 7.05 Å². The standard InChI is InChI=1S/C22H25N5O3/c1-15-8-9-21(24-23-15)30-16-10-12-27(13-11-16)22(28)19-14-18(25-26(19)2)17-6-4-5-7-20(17)29-3/h4-9,14,16H,10-13H2,1-3H3. The van der Waals surface area contributed by atoms with Gasteiger partial charge in [-0.2, -0.15) is 10.2 Å². The van der Waals surface area contributed by atoms with Gasteiger partial charge in [-0.1, -0.05) is 12.1 Å². The number of piperidine rings is 1. The fourth-order valence-electron chi connectivity index (χ4n) is 3.61. The molecule has 8 nitrogen and oxygen atoms in total. The van der Waals surface area contributed by atoms with Gasteiger partial charge in [0.2, 0.25) is 5.88 Å². The molecule has 0 aliphatic carbocycles. The Balaban J connectivity index is 1.42. The molecule has 0 N–H and O–H groups in total. The van der Waals surface area contributed by atoms with Crippen LogP contribution < -0.4 is 9.47 Å². The summed E-state index contributed by atoms with van der Waals surface area (Å²) in [7, 11) is 3.42. The van der Waals surface area contributed by atoms with E-state index in [2.05, 4.69) is 15.3 Å². The van der Waals surface area contributed by atoms with E-state index in [0.717, 1.165) is 35.5 Å². The highest BCUT2D eigenvalue weighted by Crippen LogP contribution is 2.29. The summed E-state index contributed by atoms with van der Waals surface area (Å²) in [5.41, 5.74) is 2.99. The van der Waals surface area contributed by atoms with Crippen molar-refractivity contribution in [3.8, 4) is 22.9 Å². The van der Waals surface area contributed by atoms with E-state index < -0.39 is 0 Å². The number of methoxy groups -OCH3 is 1. The van der Waals surface area contributed by atoms with E-state index in [1.54, 1.807) is 18.8 Å². The molecule has 156 valence electrons. The first kappa shape index (κ1) is 19.9. The Labute approximate surface area is 175 Å². The smallest absolute Gasteiger partial charge is 0.272 e. The number of aryl methyl sites for hydroxylation is 2. The van der Waals surface area contributed by atoms with E-state index in [1.165, 1.54) is 0 Å². The maximum absolute atomic E-state index is 13.1. The molecule has 1 fully saturated rings. The third-order valence-corrected chi connectivity index (χ3v) is 5.27. The van der Waals surface area contributed by atoms with Crippen molar-refractivity contribution in [1.82, 2.24) is 24.9 Å². The first-order chi connectivity index (χ1) is 14.5. The van der Waals surface area contributed by atoms with Crippen molar-refractivity contribution in [2.45, 2.75) is 25.9 Å². The van der Waals surface area contributed by atoms with E-state index in [0.29, 0.717) is 24.7 Å². The fraction of sp³-hybridized carbons (Fsp3) is 0.364. The molecule has 1 aliphatic rings. The monoisotopic (exact) mass is 407 g/mol. The number of hydrogen-bond acceptors (Lipinski definition) is 6. The zero-order valence-electron chi connectivity index (χ0n) is 17.4. The van der Waals surface area contributed by atoms with Gasteiger partial charge in [0.05, 0.1) is 18.5 Å². The molecular formula is C22H25N5O3. The zero-order valence-corrected chi connectivity index (χ0v) is 17.4. The Hall–Kier alpha value is -3.42. The maximum atomic E-state index is 13.1. The first-order valence-corrected chi connectivity index (χ1v) is 9.99. The van der Waals surface area contributed by atoms with E-state index >= 15 is 0 Å². The van der Waals surface area contributed by atoms with Crippen molar-refractivity contribution in [2.75, 3.05) is 20.2 Å². The molecule has 1 amide bonds. The quantitative estimate of drug-likeness (QED) is 0.647. The van der Waals surface area contributed by atoms with E-state index in [1.807, 2.05) is 54.3 Å². The van der Waals surface area contributed by atoms with Crippen LogP contribution in [0.4, 0.5) is 0 Å². The minimum atomic E-state index is -0.0280. The summed E-state index contributed by atoms with van der Waals surface area (Å²) in [5.74, 6) is 1.23. The topological polar surface area (TPSA) is 82.4 Å². The van der Waals surface area contributed by atoms with Gasteiger partial charge in [0.1, 0.15) is 17.5 Å². The van der Waals surface area contributed by atoms with Crippen LogP contribution in [0, 0.1) is 6.92 Å². The van der Waals surface area contributed by atoms with Crippen LogP contribution in [0.3, 0.4) is 0 Å². The lowest BCUT2D eigenvalue weighted by Crippen LogP contribution is -2.42. The van der Waals surface area contributed by atoms with Crippen LogP contribution in [0.2, 0.25) is 0 Å². The summed E-state index contributed by atoms with van der Waals surface area (Å²) in [5, 5.41) is 12.6. The number of carbonyl (C=O) groups excluding carboxylic acids is 1. The number of benzene rings is 1. The Morgan fingerprint density at radius 3 is 2.57 bits per heavy atom. The van der Waals surface area contributed by atoms with Gasteiger partial charge in [-0.25, -0.2) is 0 Å². The molecular weight excluding hydrogens is 382 g/mol. The Morgan fingerprint density at radius 1 is 1.10 bits per heavy atom. The molecule has 8 heteroatoms. The molecule has 3 aromatic rings. The summed E-state index contributed by atoms with van der Waals surface area (Å²) < 4.78 is 13.0. The molecule has 0 spiro atoms. The number of hydrogen-bond donors (Lipinski definition) is 0. The number of likely N-dealkylation sites (tertiary alicyclic amines) is 1. The van der Waals surface area contributed by atoms with Crippen LogP contribution in [-0.4, -0.2) is 57.1 Å². The van der Waals surface area contributed by atoms with Gasteiger partial charge in [-0.15, -0.1) is 5.10 Å². The predicted octanol–water partition coefficient (Wildman–Crippen LogP) is 2.88. The minimum Gasteiger partial charge on any atom is -0.496 e. The Kier molecular flexibility index (Phi) is 5.65. The van der Waals surface area contributed by atoms with Gasteiger partial charge in [0.25, 0.3) is 5.91 Å². The lowest BCUT2D eigenvalue weighted by molar-refractivity contribution is 0.0576. The summed E-state index contributed by atoms with van der Waals surface area (Å²) >= 11 is 0. The lowest BCUT2D eigenvalue weighted by atomic mass is 10.1. The second-order valence-electron chi connectivity index (χ2n) is 7.36. The lowest BCUT2D eigenvalue weighted by Gasteiger charge is -2.31. The molecule has 1 saturated heterocycles. The van der Waals surface area contributed by atoms with E-state index in [-0.39, 0.29) is 12.0 Å². The third kappa shape index (κ3) is 4.12. The number of aromatic nitrogens is 4. The van der Waals surface area contributed by atoms with Gasteiger partial charge < -0.3 is 14.4 Å². The van der Waals surface area contributed by atoms with Crippen LogP contribution in [0.5, 0.6) is 11.6 Å². The van der Waals surface area contributed by atoms with Crippen molar-refractivity contribution in [3.63, 3.8) is 0 Å². The minimum absolute atomic E-state index is 0.0280. The van der Waals surface area contributed by atoms with Crippen LogP contribution in [-0.2, 0) is 7.05 Å². The predicted molar refractivity (Wildman–Crippen MR) is 112 cm³/mol. The highest BCUT2D eigenvalue weighted by molar-refractivity contribution is 5.94. The summed E-state index contributed by atoms with van der Waals surface area (Å²) in [6.45, 7) is 3.13. The molecule has 2 aromatic heterocycles. The molecule has 30 heavy (non-hydrogen) atoms. The molecule has 1 aromatic carbocycles. The van der Waals surface area contributed by atoms with E-state index in [4.69, 9.17) is 9.47 Å². The molecule has 0 bridgehead atoms. The van der Waals surface area contributed by atoms with Gasteiger partial charge in [-0.05, 0) is 31.2 Å². The number of nitrogens with zero attached hydrogens (tertiary/aromatic N) is 5. The molecule has 0 atom stereocenters. The molecule has 1 aliphatic heterocycles. The molecule has 3 heterocycles. The van der Waals surface area contributed by atoms with Crippen LogP contribution in [0.25, 0.3) is 11.3 Å². The van der Waals surface area contributed by atoms with Crippen molar-refractivity contribution in [1.29, 1.82) is 0 Å². The number of carbonyl (C=O) groups is 1. The second-order valence-corrected chi connectivity index (χ2v) is 7.36. The van der Waals surface area contributed by atoms with Crippen molar-refractivity contribution < 1.29 is 14.3 Å². The highest BCUT2D eigenvalue weighted by atomic mass is 16.5. The van der Waals surface area contributed by atoms with Crippen LogP contribution >= 0.6 is 0 Å². The number of ether oxygens (including phenoxy) is 2. The average Bonchev–Trinajstić information content (AvgIpc) is 3.16. The van der Waals surface area contributed by atoms with Crippen molar-refractivity contribution in [3.05, 3.63) is 53.9 Å². The van der Waals surface area contributed by atoms with Gasteiger partial charge in [0.15, 0.2) is 0 Å². The average molecular weight is 407 g/mol. The normalized spacial score (nSPS) is 14.6. The van der Waals surface area contributed by atoms with Crippen molar-refractivity contribution >= 4 is 5.91 Å². The fourth-order valence-corrected chi connectivity index (χ4v) is 3.61. The van der Waals surface area contributed by atoms with Crippen LogP contribution in [0.15, 0.2) is 42.5 Å². The highest BCUT2D eigenvalue weighted by Gasteiger charge is 2.27. The first-order valence-electron chi connectivity index (χ1n) is 9.99. The SMILES string of the molecule is COc1ccccc1-c1cc(C(=O)N2CCC(Oc3ccc(C)nn3)CC2)n(C)n1. The summed E-state index contributed by atoms with van der Waals surface area (Å²) in [4.78, 5) is 14.9. The summed E-state index contributed by atoms with van der Waals surface area (Å²) in [6, 6.07) is 13.2. The molecule has 0 unspecified atom stereocenters.